The minimum atomic E-state index is 0.216. The van der Waals surface area contributed by atoms with Crippen molar-refractivity contribution in [2.45, 2.75) is 19.3 Å². The highest BCUT2D eigenvalue weighted by Crippen LogP contribution is 2.44. The predicted molar refractivity (Wildman–Crippen MR) is 69.5 cm³/mol. The Morgan fingerprint density at radius 2 is 2.06 bits per heavy atom. The molecule has 2 rings (SSSR count). The average Bonchev–Trinajstić information content (AvgIpc) is 3.07. The van der Waals surface area contributed by atoms with Crippen molar-refractivity contribution in [3.8, 4) is 0 Å². The Bertz CT molecular complexity index is 350. The van der Waals surface area contributed by atoms with Crippen LogP contribution in [0.2, 0.25) is 0 Å². The van der Waals surface area contributed by atoms with E-state index in [0.29, 0.717) is 6.61 Å². The van der Waals surface area contributed by atoms with Crippen molar-refractivity contribution in [3.63, 3.8) is 0 Å². The third-order valence-electron chi connectivity index (χ3n) is 3.32. The Labute approximate surface area is 105 Å². The molecule has 0 amide bonds. The highest BCUT2D eigenvalue weighted by Gasteiger charge is 2.41. The molecule has 1 saturated carbocycles. The van der Waals surface area contributed by atoms with Crippen LogP contribution in [0.25, 0.3) is 0 Å². The second-order valence-electron chi connectivity index (χ2n) is 4.68. The monoisotopic (exact) mass is 283 g/mol. The van der Waals surface area contributed by atoms with Gasteiger partial charge in [-0.2, -0.15) is 0 Å². The molecule has 1 aliphatic carbocycles. The lowest BCUT2D eigenvalue weighted by Crippen LogP contribution is -2.28. The van der Waals surface area contributed by atoms with Crippen molar-refractivity contribution in [1.29, 1.82) is 0 Å². The summed E-state index contributed by atoms with van der Waals surface area (Å²) in [5.74, 6) is 0. The second-order valence-corrected chi connectivity index (χ2v) is 5.53. The number of aliphatic hydroxyl groups excluding tert-OH is 1. The molecular formula is C13H18BrNO. The summed E-state index contributed by atoms with van der Waals surface area (Å²) in [6.07, 6.45) is 3.37. The van der Waals surface area contributed by atoms with Gasteiger partial charge in [-0.25, -0.2) is 0 Å². The molecule has 0 radical (unpaired) electrons. The van der Waals surface area contributed by atoms with Gasteiger partial charge in [-0.15, -0.1) is 0 Å². The molecule has 0 aliphatic heterocycles. The number of halogens is 1. The molecule has 0 saturated heterocycles. The summed E-state index contributed by atoms with van der Waals surface area (Å²) in [6.45, 7) is 2.26. The van der Waals surface area contributed by atoms with Crippen molar-refractivity contribution in [3.05, 3.63) is 34.3 Å². The zero-order valence-corrected chi connectivity index (χ0v) is 11.0. The van der Waals surface area contributed by atoms with Crippen LogP contribution in [0.15, 0.2) is 28.7 Å². The normalized spacial score (nSPS) is 17.4. The lowest BCUT2D eigenvalue weighted by atomic mass is 10.1. The van der Waals surface area contributed by atoms with Gasteiger partial charge in [0.2, 0.25) is 0 Å². The van der Waals surface area contributed by atoms with Gasteiger partial charge in [0.1, 0.15) is 0 Å². The fourth-order valence-electron chi connectivity index (χ4n) is 1.85. The van der Waals surface area contributed by atoms with Gasteiger partial charge >= 0.3 is 0 Å². The van der Waals surface area contributed by atoms with Crippen molar-refractivity contribution in [2.24, 2.45) is 5.41 Å². The summed E-state index contributed by atoms with van der Waals surface area (Å²) in [4.78, 5) is 0. The molecule has 0 aromatic heterocycles. The first-order valence-electron chi connectivity index (χ1n) is 5.81. The van der Waals surface area contributed by atoms with Crippen LogP contribution in [0, 0.1) is 5.41 Å². The summed E-state index contributed by atoms with van der Waals surface area (Å²) in [5, 5.41) is 12.6. The van der Waals surface area contributed by atoms with E-state index in [0.717, 1.165) is 19.5 Å². The molecule has 1 fully saturated rings. The van der Waals surface area contributed by atoms with Crippen LogP contribution in [0.5, 0.6) is 0 Å². The largest absolute Gasteiger partial charge is 0.396 e. The third-order valence-corrected chi connectivity index (χ3v) is 4.10. The quantitative estimate of drug-likeness (QED) is 0.786. The lowest BCUT2D eigenvalue weighted by molar-refractivity contribution is 0.208. The van der Waals surface area contributed by atoms with Gasteiger partial charge in [0.25, 0.3) is 0 Å². The SMILES string of the molecule is OCC1(CNCCc2ccccc2Br)CC1. The maximum Gasteiger partial charge on any atom is 0.0499 e. The molecule has 0 unspecified atom stereocenters. The Morgan fingerprint density at radius 3 is 2.69 bits per heavy atom. The molecule has 0 bridgehead atoms. The Hall–Kier alpha value is -0.380. The number of rotatable bonds is 6. The summed E-state index contributed by atoms with van der Waals surface area (Å²) in [7, 11) is 0. The summed E-state index contributed by atoms with van der Waals surface area (Å²) in [5.41, 5.74) is 1.55. The molecular weight excluding hydrogens is 266 g/mol. The highest BCUT2D eigenvalue weighted by molar-refractivity contribution is 9.10. The average molecular weight is 284 g/mol. The molecule has 0 heterocycles. The number of nitrogens with one attached hydrogen (secondary N) is 1. The standard InChI is InChI=1S/C13H18BrNO/c14-12-4-2-1-3-11(12)5-8-15-9-13(10-16)6-7-13/h1-4,15-16H,5-10H2. The predicted octanol–water partition coefficient (Wildman–Crippen LogP) is 2.35. The minimum absolute atomic E-state index is 0.216. The van der Waals surface area contributed by atoms with Crippen LogP contribution in [-0.2, 0) is 6.42 Å². The van der Waals surface area contributed by atoms with E-state index in [1.807, 2.05) is 6.07 Å². The van der Waals surface area contributed by atoms with Gasteiger partial charge in [-0.05, 0) is 37.4 Å². The molecule has 1 aromatic rings. The van der Waals surface area contributed by atoms with Gasteiger partial charge in [-0.1, -0.05) is 34.1 Å². The van der Waals surface area contributed by atoms with E-state index in [1.165, 1.54) is 22.9 Å². The number of hydrogen-bond acceptors (Lipinski definition) is 2. The van der Waals surface area contributed by atoms with Crippen molar-refractivity contribution < 1.29 is 5.11 Å². The van der Waals surface area contributed by atoms with Gasteiger partial charge < -0.3 is 10.4 Å². The number of benzene rings is 1. The Balaban J connectivity index is 1.70. The zero-order chi connectivity index (χ0) is 11.4. The van der Waals surface area contributed by atoms with Crippen LogP contribution in [0.1, 0.15) is 18.4 Å². The third kappa shape index (κ3) is 3.06. The number of aliphatic hydroxyl groups is 1. The maximum atomic E-state index is 9.17. The van der Waals surface area contributed by atoms with E-state index in [1.54, 1.807) is 0 Å². The molecule has 1 aromatic carbocycles. The number of hydrogen-bond donors (Lipinski definition) is 2. The molecule has 88 valence electrons. The molecule has 2 nitrogen and oxygen atoms in total. The summed E-state index contributed by atoms with van der Waals surface area (Å²) in [6, 6.07) is 8.32. The maximum absolute atomic E-state index is 9.17. The first kappa shape index (κ1) is 12.1. The Kier molecular flexibility index (Phi) is 4.00. The topological polar surface area (TPSA) is 32.3 Å². The van der Waals surface area contributed by atoms with Crippen LogP contribution >= 0.6 is 15.9 Å². The zero-order valence-electron chi connectivity index (χ0n) is 9.38. The van der Waals surface area contributed by atoms with Crippen LogP contribution in [-0.4, -0.2) is 24.8 Å². The fraction of sp³-hybridized carbons (Fsp3) is 0.538. The fourth-order valence-corrected chi connectivity index (χ4v) is 2.33. The molecule has 2 N–H and O–H groups in total. The summed E-state index contributed by atoms with van der Waals surface area (Å²) >= 11 is 3.55. The molecule has 0 atom stereocenters. The molecule has 0 spiro atoms. The van der Waals surface area contributed by atoms with Crippen molar-refractivity contribution >= 4 is 15.9 Å². The van der Waals surface area contributed by atoms with E-state index < -0.39 is 0 Å². The van der Waals surface area contributed by atoms with E-state index >= 15 is 0 Å². The second kappa shape index (κ2) is 5.30. The Morgan fingerprint density at radius 1 is 1.31 bits per heavy atom. The van der Waals surface area contributed by atoms with E-state index in [-0.39, 0.29) is 5.41 Å². The van der Waals surface area contributed by atoms with E-state index in [2.05, 4.69) is 39.4 Å². The van der Waals surface area contributed by atoms with Crippen molar-refractivity contribution in [1.82, 2.24) is 5.32 Å². The first-order chi connectivity index (χ1) is 7.76. The minimum Gasteiger partial charge on any atom is -0.396 e. The van der Waals surface area contributed by atoms with Crippen LogP contribution in [0.3, 0.4) is 0 Å². The summed E-state index contributed by atoms with van der Waals surface area (Å²) < 4.78 is 1.18. The van der Waals surface area contributed by atoms with Gasteiger partial charge in [0.05, 0.1) is 0 Å². The molecule has 3 heteroatoms. The van der Waals surface area contributed by atoms with E-state index in [4.69, 9.17) is 5.11 Å². The van der Waals surface area contributed by atoms with Crippen LogP contribution < -0.4 is 5.32 Å². The highest BCUT2D eigenvalue weighted by atomic mass is 79.9. The molecule has 1 aliphatic rings. The molecule has 16 heavy (non-hydrogen) atoms. The lowest BCUT2D eigenvalue weighted by Gasteiger charge is -2.12. The van der Waals surface area contributed by atoms with Crippen molar-refractivity contribution in [2.75, 3.05) is 19.7 Å². The smallest absolute Gasteiger partial charge is 0.0499 e. The van der Waals surface area contributed by atoms with Gasteiger partial charge in [-0.3, -0.25) is 0 Å². The first-order valence-corrected chi connectivity index (χ1v) is 6.60. The van der Waals surface area contributed by atoms with E-state index in [9.17, 15) is 0 Å². The van der Waals surface area contributed by atoms with Crippen LogP contribution in [0.4, 0.5) is 0 Å². The van der Waals surface area contributed by atoms with Gasteiger partial charge in [0, 0.05) is 23.0 Å². The van der Waals surface area contributed by atoms with Gasteiger partial charge in [0.15, 0.2) is 0 Å².